The van der Waals surface area contributed by atoms with E-state index in [-0.39, 0.29) is 11.9 Å². The average Bonchev–Trinajstić information content (AvgIpc) is 3.06. The molecule has 5 nitrogen and oxygen atoms in total. The minimum atomic E-state index is -1.14. The van der Waals surface area contributed by atoms with E-state index in [9.17, 15) is 9.59 Å². The summed E-state index contributed by atoms with van der Waals surface area (Å²) in [5, 5.41) is 0. The van der Waals surface area contributed by atoms with E-state index in [0.29, 0.717) is 25.2 Å². The molecule has 0 aromatic heterocycles. The molecule has 2 aromatic carbocycles. The van der Waals surface area contributed by atoms with Crippen LogP contribution in [0.5, 0.6) is 0 Å². The fourth-order valence-electron chi connectivity index (χ4n) is 4.16. The lowest BCUT2D eigenvalue weighted by atomic mass is 9.83. The van der Waals surface area contributed by atoms with E-state index < -0.39 is 5.54 Å². The standard InChI is InChI=1S/C26H33N3O2/c1-2-3-7-18-23(30)19-12-6-13-20-29-24(31)26(28-25(29)27,21-14-8-4-9-15-21)22-16-10-5-11-17-22/h4-5,8-11,14-17H,2-3,6-7,12-13,18-20H2,1H3,(H2,27,28). The third-order valence-corrected chi connectivity index (χ3v) is 5.89. The number of rotatable bonds is 12. The van der Waals surface area contributed by atoms with Gasteiger partial charge in [-0.2, -0.15) is 0 Å². The average molecular weight is 420 g/mol. The lowest BCUT2D eigenvalue weighted by Gasteiger charge is -2.27. The zero-order valence-electron chi connectivity index (χ0n) is 18.4. The molecule has 0 saturated carbocycles. The van der Waals surface area contributed by atoms with E-state index in [1.807, 2.05) is 60.7 Å². The Labute approximate surface area is 185 Å². The number of nitrogens with two attached hydrogens (primary N) is 1. The molecule has 0 fully saturated rings. The van der Waals surface area contributed by atoms with Crippen LogP contribution >= 0.6 is 0 Å². The molecule has 0 atom stereocenters. The monoisotopic (exact) mass is 419 g/mol. The van der Waals surface area contributed by atoms with Crippen LogP contribution in [0.2, 0.25) is 0 Å². The van der Waals surface area contributed by atoms with Crippen LogP contribution in [0.15, 0.2) is 65.7 Å². The highest BCUT2D eigenvalue weighted by Gasteiger charge is 2.50. The smallest absolute Gasteiger partial charge is 0.266 e. The van der Waals surface area contributed by atoms with Crippen LogP contribution < -0.4 is 5.73 Å². The van der Waals surface area contributed by atoms with Crippen LogP contribution in [0, 0.1) is 0 Å². The number of carbonyl (C=O) groups excluding carboxylic acids is 2. The number of aliphatic imine (C=N–C) groups is 1. The van der Waals surface area contributed by atoms with Crippen LogP contribution in [-0.2, 0) is 15.1 Å². The van der Waals surface area contributed by atoms with Crippen molar-refractivity contribution in [1.82, 2.24) is 4.90 Å². The van der Waals surface area contributed by atoms with Gasteiger partial charge >= 0.3 is 0 Å². The third kappa shape index (κ3) is 5.22. The quantitative estimate of drug-likeness (QED) is 0.502. The molecule has 1 aliphatic rings. The van der Waals surface area contributed by atoms with Gasteiger partial charge in [-0.3, -0.25) is 14.5 Å². The molecular formula is C26H33N3O2. The van der Waals surface area contributed by atoms with Gasteiger partial charge in [-0.25, -0.2) is 4.99 Å². The largest absolute Gasteiger partial charge is 0.369 e. The van der Waals surface area contributed by atoms with Crippen LogP contribution in [0.1, 0.15) is 69.4 Å². The molecule has 3 rings (SSSR count). The van der Waals surface area contributed by atoms with Gasteiger partial charge in [0.25, 0.3) is 5.91 Å². The maximum Gasteiger partial charge on any atom is 0.266 e. The number of ketones is 1. The molecular weight excluding hydrogens is 386 g/mol. The number of amides is 1. The molecule has 0 radical (unpaired) electrons. The van der Waals surface area contributed by atoms with Gasteiger partial charge in [0.15, 0.2) is 11.5 Å². The minimum Gasteiger partial charge on any atom is -0.369 e. The van der Waals surface area contributed by atoms with Crippen molar-refractivity contribution in [3.63, 3.8) is 0 Å². The number of carbonyl (C=O) groups is 2. The molecule has 1 aliphatic heterocycles. The Morgan fingerprint density at radius 2 is 1.42 bits per heavy atom. The Balaban J connectivity index is 1.64. The topological polar surface area (TPSA) is 75.8 Å². The first-order valence-electron chi connectivity index (χ1n) is 11.4. The maximum atomic E-state index is 13.6. The number of hydrogen-bond acceptors (Lipinski definition) is 4. The highest BCUT2D eigenvalue weighted by atomic mass is 16.2. The van der Waals surface area contributed by atoms with Crippen molar-refractivity contribution < 1.29 is 9.59 Å². The summed E-state index contributed by atoms with van der Waals surface area (Å²) in [4.78, 5) is 31.9. The lowest BCUT2D eigenvalue weighted by molar-refractivity contribution is -0.130. The van der Waals surface area contributed by atoms with Crippen LogP contribution in [0.3, 0.4) is 0 Å². The van der Waals surface area contributed by atoms with Crippen molar-refractivity contribution in [2.75, 3.05) is 6.54 Å². The molecule has 0 saturated heterocycles. The Morgan fingerprint density at radius 1 is 0.871 bits per heavy atom. The first kappa shape index (κ1) is 22.7. The van der Waals surface area contributed by atoms with Crippen molar-refractivity contribution >= 4 is 17.6 Å². The molecule has 0 unspecified atom stereocenters. The zero-order valence-corrected chi connectivity index (χ0v) is 18.4. The highest BCUT2D eigenvalue weighted by Crippen LogP contribution is 2.39. The third-order valence-electron chi connectivity index (χ3n) is 5.89. The Hall–Kier alpha value is -2.95. The summed E-state index contributed by atoms with van der Waals surface area (Å²) in [5.41, 5.74) is 6.74. The minimum absolute atomic E-state index is 0.113. The molecule has 164 valence electrons. The van der Waals surface area contributed by atoms with E-state index in [2.05, 4.69) is 6.92 Å². The van der Waals surface area contributed by atoms with Crippen molar-refractivity contribution in [2.45, 2.75) is 63.8 Å². The SMILES string of the molecule is CCCCCC(=O)CCCCCN1C(=O)C(c2ccccc2)(c2ccccc2)N=C1N. The van der Waals surface area contributed by atoms with E-state index in [1.54, 1.807) is 4.90 Å². The van der Waals surface area contributed by atoms with E-state index in [1.165, 1.54) is 0 Å². The summed E-state index contributed by atoms with van der Waals surface area (Å²) in [6, 6.07) is 19.2. The van der Waals surface area contributed by atoms with Crippen LogP contribution in [0.4, 0.5) is 0 Å². The second kappa shape index (κ2) is 10.9. The number of Topliss-reactive ketones (excluding diaryl/α,β-unsaturated/α-hetero) is 1. The number of unbranched alkanes of at least 4 members (excludes halogenated alkanes) is 4. The van der Waals surface area contributed by atoms with Crippen LogP contribution in [0.25, 0.3) is 0 Å². The summed E-state index contributed by atoms with van der Waals surface area (Å²) in [5.74, 6) is 0.491. The first-order valence-corrected chi connectivity index (χ1v) is 11.4. The van der Waals surface area contributed by atoms with Gasteiger partial charge in [0.05, 0.1) is 0 Å². The molecule has 0 aliphatic carbocycles. The molecule has 2 N–H and O–H groups in total. The number of nitrogens with zero attached hydrogens (tertiary/aromatic N) is 2. The van der Waals surface area contributed by atoms with Gasteiger partial charge in [-0.15, -0.1) is 0 Å². The molecule has 2 aromatic rings. The Morgan fingerprint density at radius 3 is 1.97 bits per heavy atom. The van der Waals surface area contributed by atoms with E-state index in [0.717, 1.165) is 49.7 Å². The molecule has 1 heterocycles. The summed E-state index contributed by atoms with van der Waals surface area (Å²) >= 11 is 0. The van der Waals surface area contributed by atoms with Gasteiger partial charge in [0.2, 0.25) is 0 Å². The first-order chi connectivity index (χ1) is 15.1. The van der Waals surface area contributed by atoms with Crippen molar-refractivity contribution in [3.05, 3.63) is 71.8 Å². The summed E-state index contributed by atoms with van der Waals surface area (Å²) in [6.45, 7) is 2.66. The predicted molar refractivity (Wildman–Crippen MR) is 125 cm³/mol. The van der Waals surface area contributed by atoms with E-state index >= 15 is 0 Å². The normalized spacial score (nSPS) is 15.2. The number of hydrogen-bond donors (Lipinski definition) is 1. The number of benzene rings is 2. The van der Waals surface area contributed by atoms with Gasteiger partial charge in [-0.1, -0.05) is 86.8 Å². The summed E-state index contributed by atoms with van der Waals surface area (Å²) in [7, 11) is 0. The number of guanidine groups is 1. The molecule has 0 bridgehead atoms. The maximum absolute atomic E-state index is 13.6. The van der Waals surface area contributed by atoms with Crippen molar-refractivity contribution in [1.29, 1.82) is 0 Å². The lowest BCUT2D eigenvalue weighted by Crippen LogP contribution is -2.44. The molecule has 5 heteroatoms. The fraction of sp³-hybridized carbons (Fsp3) is 0.423. The molecule has 31 heavy (non-hydrogen) atoms. The van der Waals surface area contributed by atoms with Crippen LogP contribution in [-0.4, -0.2) is 29.1 Å². The van der Waals surface area contributed by atoms with Gasteiger partial charge in [-0.05, 0) is 30.4 Å². The van der Waals surface area contributed by atoms with Gasteiger partial charge < -0.3 is 5.73 Å². The second-order valence-corrected chi connectivity index (χ2v) is 8.18. The van der Waals surface area contributed by atoms with E-state index in [4.69, 9.17) is 10.7 Å². The van der Waals surface area contributed by atoms with Gasteiger partial charge in [0.1, 0.15) is 5.78 Å². The van der Waals surface area contributed by atoms with Crippen molar-refractivity contribution in [2.24, 2.45) is 10.7 Å². The molecule has 1 amide bonds. The van der Waals surface area contributed by atoms with Gasteiger partial charge in [0, 0.05) is 19.4 Å². The fourth-order valence-corrected chi connectivity index (χ4v) is 4.16. The molecule has 0 spiro atoms. The Bertz CT molecular complexity index is 854. The summed E-state index contributed by atoms with van der Waals surface area (Å²) in [6.07, 6.45) is 7.09. The summed E-state index contributed by atoms with van der Waals surface area (Å²) < 4.78 is 0. The van der Waals surface area contributed by atoms with Crippen molar-refractivity contribution in [3.8, 4) is 0 Å². The highest BCUT2D eigenvalue weighted by molar-refractivity contribution is 6.09. The predicted octanol–water partition coefficient (Wildman–Crippen LogP) is 4.80. The zero-order chi connectivity index (χ0) is 22.1. The Kier molecular flexibility index (Phi) is 7.99. The second-order valence-electron chi connectivity index (χ2n) is 8.18.